The fourth-order valence-electron chi connectivity index (χ4n) is 2.50. The van der Waals surface area contributed by atoms with E-state index in [1.807, 2.05) is 44.0 Å². The Labute approximate surface area is 118 Å². The fourth-order valence-corrected chi connectivity index (χ4v) is 2.50. The van der Waals surface area contributed by atoms with Crippen molar-refractivity contribution in [3.8, 4) is 0 Å². The highest BCUT2D eigenvalue weighted by Crippen LogP contribution is 2.23. The van der Waals surface area contributed by atoms with Crippen LogP contribution in [0.1, 0.15) is 23.0 Å². The minimum absolute atomic E-state index is 0.0990. The molecule has 1 N–H and O–H groups in total. The average molecular weight is 266 g/mol. The number of hydrogen-bond acceptors (Lipinski definition) is 3. The Balaban J connectivity index is 2.05. The summed E-state index contributed by atoms with van der Waals surface area (Å²) >= 11 is 0. The molecular weight excluding hydrogens is 248 g/mol. The summed E-state index contributed by atoms with van der Waals surface area (Å²) in [4.78, 5) is 4.54. The number of pyridine rings is 1. The summed E-state index contributed by atoms with van der Waals surface area (Å²) < 4.78 is 1.83. The second-order valence-corrected chi connectivity index (χ2v) is 5.04. The molecule has 1 unspecified atom stereocenters. The van der Waals surface area contributed by atoms with Gasteiger partial charge >= 0.3 is 0 Å². The molecule has 2 heterocycles. The van der Waals surface area contributed by atoms with Gasteiger partial charge in [0.1, 0.15) is 0 Å². The Kier molecular flexibility index (Phi) is 3.24. The lowest BCUT2D eigenvalue weighted by atomic mass is 10.0. The summed E-state index contributed by atoms with van der Waals surface area (Å²) in [7, 11) is 3.89. The van der Waals surface area contributed by atoms with Crippen LogP contribution in [-0.2, 0) is 7.05 Å². The van der Waals surface area contributed by atoms with Crippen LogP contribution in [0.2, 0.25) is 0 Å². The van der Waals surface area contributed by atoms with Gasteiger partial charge in [0.15, 0.2) is 0 Å². The van der Waals surface area contributed by atoms with Gasteiger partial charge in [0.05, 0.1) is 17.3 Å². The molecule has 0 aliphatic carbocycles. The third-order valence-electron chi connectivity index (χ3n) is 3.50. The monoisotopic (exact) mass is 266 g/mol. The largest absolute Gasteiger partial charge is 0.308 e. The summed E-state index contributed by atoms with van der Waals surface area (Å²) in [5, 5.41) is 8.98. The maximum atomic E-state index is 4.54. The quantitative estimate of drug-likeness (QED) is 0.792. The third-order valence-corrected chi connectivity index (χ3v) is 3.50. The highest BCUT2D eigenvalue weighted by atomic mass is 15.3. The molecule has 0 saturated heterocycles. The minimum atomic E-state index is 0.0990. The molecule has 0 aliphatic rings. The van der Waals surface area contributed by atoms with Crippen molar-refractivity contribution in [3.63, 3.8) is 0 Å². The number of nitrogens with zero attached hydrogens (tertiary/aromatic N) is 3. The topological polar surface area (TPSA) is 42.7 Å². The van der Waals surface area contributed by atoms with Crippen LogP contribution < -0.4 is 5.32 Å². The number of aryl methyl sites for hydroxylation is 2. The molecule has 0 fully saturated rings. The first-order valence-corrected chi connectivity index (χ1v) is 6.71. The highest BCUT2D eigenvalue weighted by Gasteiger charge is 2.15. The van der Waals surface area contributed by atoms with Crippen LogP contribution in [0.25, 0.3) is 10.9 Å². The number of aromatic nitrogens is 3. The maximum absolute atomic E-state index is 4.54. The lowest BCUT2D eigenvalue weighted by Gasteiger charge is -2.15. The fraction of sp³-hybridized carbons (Fsp3) is 0.250. The Morgan fingerprint density at radius 3 is 2.70 bits per heavy atom. The van der Waals surface area contributed by atoms with Crippen molar-refractivity contribution in [1.29, 1.82) is 0 Å². The van der Waals surface area contributed by atoms with Crippen LogP contribution in [0, 0.1) is 6.92 Å². The van der Waals surface area contributed by atoms with E-state index in [4.69, 9.17) is 0 Å². The molecule has 3 aromatic rings. The van der Waals surface area contributed by atoms with Gasteiger partial charge in [-0.05, 0) is 43.8 Å². The summed E-state index contributed by atoms with van der Waals surface area (Å²) in [5.41, 5.74) is 4.29. The second-order valence-electron chi connectivity index (χ2n) is 5.04. The predicted octanol–water partition coefficient (Wildman–Crippen LogP) is 2.59. The molecular formula is C16H18N4. The standard InChI is InChI=1S/C16H18N4/c1-11-4-5-12-10-13(6-7-14(12)18-11)16(17-2)15-8-9-20(3)19-15/h4-10,16-17H,1-3H3. The number of benzene rings is 1. The smallest absolute Gasteiger partial charge is 0.0839 e. The number of nitrogens with one attached hydrogen (secondary N) is 1. The van der Waals surface area contributed by atoms with Crippen molar-refractivity contribution in [2.75, 3.05) is 7.05 Å². The van der Waals surface area contributed by atoms with E-state index < -0.39 is 0 Å². The van der Waals surface area contributed by atoms with Crippen LogP contribution >= 0.6 is 0 Å². The van der Waals surface area contributed by atoms with Gasteiger partial charge in [0.2, 0.25) is 0 Å². The van der Waals surface area contributed by atoms with Gasteiger partial charge in [-0.1, -0.05) is 12.1 Å². The molecule has 20 heavy (non-hydrogen) atoms. The van der Waals surface area contributed by atoms with Gasteiger partial charge in [0, 0.05) is 24.3 Å². The zero-order valence-electron chi connectivity index (χ0n) is 12.0. The SMILES string of the molecule is CNC(c1ccc2nc(C)ccc2c1)c1ccn(C)n1. The summed E-state index contributed by atoms with van der Waals surface area (Å²) in [5.74, 6) is 0. The van der Waals surface area contributed by atoms with Crippen LogP contribution in [0.4, 0.5) is 0 Å². The Morgan fingerprint density at radius 2 is 2.00 bits per heavy atom. The number of rotatable bonds is 3. The van der Waals surface area contributed by atoms with E-state index in [9.17, 15) is 0 Å². The average Bonchev–Trinajstić information content (AvgIpc) is 2.86. The zero-order chi connectivity index (χ0) is 14.1. The van der Waals surface area contributed by atoms with E-state index in [1.54, 1.807) is 0 Å². The van der Waals surface area contributed by atoms with E-state index in [-0.39, 0.29) is 6.04 Å². The molecule has 3 rings (SSSR count). The lowest BCUT2D eigenvalue weighted by molar-refractivity contribution is 0.642. The number of fused-ring (bicyclic) bond motifs is 1. The Morgan fingerprint density at radius 1 is 1.15 bits per heavy atom. The second kappa shape index (κ2) is 5.06. The molecule has 1 aromatic carbocycles. The molecule has 0 amide bonds. The highest BCUT2D eigenvalue weighted by molar-refractivity contribution is 5.79. The van der Waals surface area contributed by atoms with Gasteiger partial charge in [-0.3, -0.25) is 9.67 Å². The van der Waals surface area contributed by atoms with E-state index in [2.05, 4.69) is 39.7 Å². The van der Waals surface area contributed by atoms with Crippen molar-refractivity contribution in [3.05, 3.63) is 59.5 Å². The van der Waals surface area contributed by atoms with Crippen molar-refractivity contribution < 1.29 is 0 Å². The first-order chi connectivity index (χ1) is 9.67. The summed E-state index contributed by atoms with van der Waals surface area (Å²) in [6.07, 6.45) is 1.96. The third kappa shape index (κ3) is 2.30. The predicted molar refractivity (Wildman–Crippen MR) is 80.6 cm³/mol. The van der Waals surface area contributed by atoms with E-state index >= 15 is 0 Å². The van der Waals surface area contributed by atoms with Crippen molar-refractivity contribution >= 4 is 10.9 Å². The van der Waals surface area contributed by atoms with Gasteiger partial charge in [-0.25, -0.2) is 0 Å². The normalized spacial score (nSPS) is 12.8. The molecule has 0 aliphatic heterocycles. The van der Waals surface area contributed by atoms with Crippen molar-refractivity contribution in [1.82, 2.24) is 20.1 Å². The molecule has 2 aromatic heterocycles. The van der Waals surface area contributed by atoms with Crippen LogP contribution in [-0.4, -0.2) is 21.8 Å². The van der Waals surface area contributed by atoms with Gasteiger partial charge < -0.3 is 5.32 Å². The molecule has 1 atom stereocenters. The maximum Gasteiger partial charge on any atom is 0.0839 e. The molecule has 4 heteroatoms. The van der Waals surface area contributed by atoms with Crippen LogP contribution in [0.3, 0.4) is 0 Å². The zero-order valence-corrected chi connectivity index (χ0v) is 12.0. The molecule has 102 valence electrons. The molecule has 0 bridgehead atoms. The van der Waals surface area contributed by atoms with Crippen molar-refractivity contribution in [2.45, 2.75) is 13.0 Å². The van der Waals surface area contributed by atoms with Gasteiger partial charge in [-0.15, -0.1) is 0 Å². The van der Waals surface area contributed by atoms with Crippen LogP contribution in [0.15, 0.2) is 42.6 Å². The minimum Gasteiger partial charge on any atom is -0.308 e. The van der Waals surface area contributed by atoms with Crippen molar-refractivity contribution in [2.24, 2.45) is 7.05 Å². The van der Waals surface area contributed by atoms with Crippen LogP contribution in [0.5, 0.6) is 0 Å². The molecule has 0 radical (unpaired) electrons. The Hall–Kier alpha value is -2.20. The summed E-state index contributed by atoms with van der Waals surface area (Å²) in [6, 6.07) is 12.7. The van der Waals surface area contributed by atoms with E-state index in [1.165, 1.54) is 5.56 Å². The first-order valence-electron chi connectivity index (χ1n) is 6.71. The van der Waals surface area contributed by atoms with E-state index in [0.29, 0.717) is 0 Å². The van der Waals surface area contributed by atoms with Gasteiger partial charge in [0.25, 0.3) is 0 Å². The lowest BCUT2D eigenvalue weighted by Crippen LogP contribution is -2.18. The molecule has 0 saturated carbocycles. The van der Waals surface area contributed by atoms with E-state index in [0.717, 1.165) is 22.3 Å². The number of hydrogen-bond donors (Lipinski definition) is 1. The van der Waals surface area contributed by atoms with Gasteiger partial charge in [-0.2, -0.15) is 5.10 Å². The molecule has 0 spiro atoms. The summed E-state index contributed by atoms with van der Waals surface area (Å²) in [6.45, 7) is 2.01. The first kappa shape index (κ1) is 12.8. The molecule has 4 nitrogen and oxygen atoms in total. The Bertz CT molecular complexity index is 745.